The smallest absolute Gasteiger partial charge is 0.0794 e. The molecule has 1 aliphatic carbocycles. The fourth-order valence-corrected chi connectivity index (χ4v) is 2.73. The highest BCUT2D eigenvalue weighted by Gasteiger charge is 2.49. The third-order valence-electron chi connectivity index (χ3n) is 3.19. The zero-order chi connectivity index (χ0) is 10.2. The average molecular weight is 211 g/mol. The van der Waals surface area contributed by atoms with E-state index in [9.17, 15) is 0 Å². The second kappa shape index (κ2) is 3.61. The maximum Gasteiger partial charge on any atom is 0.0794 e. The van der Waals surface area contributed by atoms with Crippen molar-refractivity contribution in [2.24, 2.45) is 17.2 Å². The Kier molecular flexibility index (Phi) is 2.60. The normalized spacial score (nSPS) is 26.1. The molecule has 0 aromatic carbocycles. The molecule has 0 spiro atoms. The van der Waals surface area contributed by atoms with Gasteiger partial charge in [0.1, 0.15) is 0 Å². The molecule has 0 saturated heterocycles. The molecule has 78 valence electrons. The first-order chi connectivity index (χ1) is 6.63. The predicted molar refractivity (Wildman–Crippen MR) is 58.8 cm³/mol. The van der Waals surface area contributed by atoms with Crippen molar-refractivity contribution >= 4 is 11.3 Å². The molecule has 1 saturated carbocycles. The highest BCUT2D eigenvalue weighted by atomic mass is 32.1. The Labute approximate surface area is 88.7 Å². The van der Waals surface area contributed by atoms with Crippen LogP contribution in [0.25, 0.3) is 0 Å². The van der Waals surface area contributed by atoms with Gasteiger partial charge < -0.3 is 0 Å². The van der Waals surface area contributed by atoms with Crippen LogP contribution in [-0.4, -0.2) is 11.0 Å². The lowest BCUT2D eigenvalue weighted by Gasteiger charge is -2.16. The summed E-state index contributed by atoms with van der Waals surface area (Å²) in [5.41, 5.74) is 5.29. The second-order valence-corrected chi connectivity index (χ2v) is 5.72. The van der Waals surface area contributed by atoms with Crippen LogP contribution in [-0.2, 0) is 6.42 Å². The molecule has 2 rings (SSSR count). The van der Waals surface area contributed by atoms with Crippen LogP contribution in [0, 0.1) is 11.3 Å². The Morgan fingerprint density at radius 3 is 2.93 bits per heavy atom. The monoisotopic (exact) mass is 211 g/mol. The molecule has 0 radical (unpaired) electrons. The van der Waals surface area contributed by atoms with Crippen LogP contribution in [0.15, 0.2) is 11.7 Å². The lowest BCUT2D eigenvalue weighted by Crippen LogP contribution is -2.39. The largest absolute Gasteiger partial charge is 0.271 e. The van der Waals surface area contributed by atoms with E-state index in [0.717, 1.165) is 12.3 Å². The fourth-order valence-electron chi connectivity index (χ4n) is 2.07. The van der Waals surface area contributed by atoms with Crippen LogP contribution in [0.1, 0.15) is 25.1 Å². The molecule has 3 nitrogen and oxygen atoms in total. The topological polar surface area (TPSA) is 50.9 Å². The Hall–Kier alpha value is -0.450. The highest BCUT2D eigenvalue weighted by Crippen LogP contribution is 2.53. The second-order valence-electron chi connectivity index (χ2n) is 4.74. The average Bonchev–Trinajstić information content (AvgIpc) is 2.62. The van der Waals surface area contributed by atoms with Crippen molar-refractivity contribution in [3.8, 4) is 0 Å². The molecule has 1 aromatic rings. The SMILES string of the molecule is CC1(C)CC1C(Cc1cncs1)NN. The minimum absolute atomic E-state index is 0.408. The van der Waals surface area contributed by atoms with Gasteiger partial charge in [0.05, 0.1) is 5.51 Å². The lowest BCUT2D eigenvalue weighted by molar-refractivity contribution is 0.410. The first-order valence-electron chi connectivity index (χ1n) is 4.97. The van der Waals surface area contributed by atoms with Gasteiger partial charge >= 0.3 is 0 Å². The molecule has 1 aromatic heterocycles. The third-order valence-corrected chi connectivity index (χ3v) is 4.00. The summed E-state index contributed by atoms with van der Waals surface area (Å²) in [5.74, 6) is 6.30. The summed E-state index contributed by atoms with van der Waals surface area (Å²) in [6.07, 6.45) is 4.22. The highest BCUT2D eigenvalue weighted by molar-refractivity contribution is 7.09. The van der Waals surface area contributed by atoms with Gasteiger partial charge in [0.25, 0.3) is 0 Å². The van der Waals surface area contributed by atoms with E-state index in [1.165, 1.54) is 11.3 Å². The molecule has 2 atom stereocenters. The van der Waals surface area contributed by atoms with Crippen molar-refractivity contribution in [1.82, 2.24) is 10.4 Å². The van der Waals surface area contributed by atoms with E-state index in [4.69, 9.17) is 5.84 Å². The van der Waals surface area contributed by atoms with Gasteiger partial charge in [0.15, 0.2) is 0 Å². The van der Waals surface area contributed by atoms with Gasteiger partial charge in [0.2, 0.25) is 0 Å². The van der Waals surface area contributed by atoms with E-state index in [2.05, 4.69) is 24.3 Å². The van der Waals surface area contributed by atoms with Crippen molar-refractivity contribution in [3.63, 3.8) is 0 Å². The molecule has 2 unspecified atom stereocenters. The number of thiazole rings is 1. The molecular formula is C10H17N3S. The number of hydrogen-bond donors (Lipinski definition) is 2. The van der Waals surface area contributed by atoms with Crippen molar-refractivity contribution in [3.05, 3.63) is 16.6 Å². The van der Waals surface area contributed by atoms with Gasteiger partial charge in [-0.2, -0.15) is 0 Å². The minimum Gasteiger partial charge on any atom is -0.271 e. The summed E-state index contributed by atoms with van der Waals surface area (Å²) < 4.78 is 0. The zero-order valence-corrected chi connectivity index (χ0v) is 9.47. The molecule has 4 heteroatoms. The molecular weight excluding hydrogens is 194 g/mol. The van der Waals surface area contributed by atoms with E-state index >= 15 is 0 Å². The summed E-state index contributed by atoms with van der Waals surface area (Å²) in [7, 11) is 0. The molecule has 0 aliphatic heterocycles. The fraction of sp³-hybridized carbons (Fsp3) is 0.700. The molecule has 0 amide bonds. The number of nitrogens with zero attached hydrogens (tertiary/aromatic N) is 1. The van der Waals surface area contributed by atoms with Gasteiger partial charge in [-0.1, -0.05) is 13.8 Å². The Morgan fingerprint density at radius 2 is 2.50 bits per heavy atom. The Morgan fingerprint density at radius 1 is 1.79 bits per heavy atom. The standard InChI is InChI=1S/C10H17N3S/c1-10(2)4-8(10)9(13-11)3-7-5-12-6-14-7/h5-6,8-9,13H,3-4,11H2,1-2H3. The van der Waals surface area contributed by atoms with Crippen molar-refractivity contribution in [2.75, 3.05) is 0 Å². The van der Waals surface area contributed by atoms with Crippen LogP contribution >= 0.6 is 11.3 Å². The Bertz CT molecular complexity index is 294. The molecule has 0 bridgehead atoms. The molecule has 14 heavy (non-hydrogen) atoms. The summed E-state index contributed by atoms with van der Waals surface area (Å²) >= 11 is 1.71. The molecule has 3 N–H and O–H groups in total. The van der Waals surface area contributed by atoms with E-state index in [1.54, 1.807) is 11.3 Å². The lowest BCUT2D eigenvalue weighted by atomic mass is 10.0. The number of nitrogens with one attached hydrogen (secondary N) is 1. The van der Waals surface area contributed by atoms with E-state index in [-0.39, 0.29) is 0 Å². The van der Waals surface area contributed by atoms with Gasteiger partial charge in [-0.25, -0.2) is 0 Å². The van der Waals surface area contributed by atoms with E-state index in [1.807, 2.05) is 11.7 Å². The van der Waals surface area contributed by atoms with Crippen LogP contribution in [0.5, 0.6) is 0 Å². The summed E-state index contributed by atoms with van der Waals surface area (Å²) in [5, 5.41) is 0. The van der Waals surface area contributed by atoms with Crippen molar-refractivity contribution in [1.29, 1.82) is 0 Å². The minimum atomic E-state index is 0.408. The van der Waals surface area contributed by atoms with E-state index < -0.39 is 0 Å². The molecule has 1 aliphatic rings. The first kappa shape index (κ1) is 10.1. The maximum atomic E-state index is 5.59. The van der Waals surface area contributed by atoms with Gasteiger partial charge in [-0.15, -0.1) is 11.3 Å². The van der Waals surface area contributed by atoms with Gasteiger partial charge in [-0.05, 0) is 17.8 Å². The number of aromatic nitrogens is 1. The van der Waals surface area contributed by atoms with E-state index in [0.29, 0.717) is 11.5 Å². The number of nitrogens with two attached hydrogens (primary N) is 1. The number of hydrazine groups is 1. The van der Waals surface area contributed by atoms with Crippen LogP contribution < -0.4 is 11.3 Å². The van der Waals surface area contributed by atoms with Crippen LogP contribution in [0.3, 0.4) is 0 Å². The molecule has 1 fully saturated rings. The first-order valence-corrected chi connectivity index (χ1v) is 5.85. The van der Waals surface area contributed by atoms with Crippen molar-refractivity contribution < 1.29 is 0 Å². The summed E-state index contributed by atoms with van der Waals surface area (Å²) in [4.78, 5) is 5.39. The molecule has 1 heterocycles. The summed E-state index contributed by atoms with van der Waals surface area (Å²) in [6, 6.07) is 0.408. The third kappa shape index (κ3) is 1.97. The zero-order valence-electron chi connectivity index (χ0n) is 8.66. The quantitative estimate of drug-likeness (QED) is 0.587. The number of hydrogen-bond acceptors (Lipinski definition) is 4. The van der Waals surface area contributed by atoms with Crippen molar-refractivity contribution in [2.45, 2.75) is 32.7 Å². The summed E-state index contributed by atoms with van der Waals surface area (Å²) in [6.45, 7) is 4.60. The van der Waals surface area contributed by atoms with Gasteiger partial charge in [-0.3, -0.25) is 16.3 Å². The number of rotatable bonds is 4. The predicted octanol–water partition coefficient (Wildman–Crippen LogP) is 1.56. The van der Waals surface area contributed by atoms with Crippen LogP contribution in [0.4, 0.5) is 0 Å². The van der Waals surface area contributed by atoms with Gasteiger partial charge in [0, 0.05) is 23.5 Å². The Balaban J connectivity index is 1.95. The maximum absolute atomic E-state index is 5.59. The van der Waals surface area contributed by atoms with Crippen LogP contribution in [0.2, 0.25) is 0 Å².